The highest BCUT2D eigenvalue weighted by Crippen LogP contribution is 2.24. The number of aliphatic carboxylic acids is 1. The SMILES string of the molecule is CC1CCCC(NC(CCC(=O)O)Cc2ccccc2)C1. The number of benzene rings is 1. The maximum atomic E-state index is 10.9. The van der Waals surface area contributed by atoms with Crippen LogP contribution in [0.5, 0.6) is 0 Å². The summed E-state index contributed by atoms with van der Waals surface area (Å²) in [4.78, 5) is 10.9. The van der Waals surface area contributed by atoms with E-state index in [1.54, 1.807) is 0 Å². The van der Waals surface area contributed by atoms with E-state index in [2.05, 4.69) is 24.4 Å². The lowest BCUT2D eigenvalue weighted by molar-refractivity contribution is -0.137. The molecule has 3 nitrogen and oxygen atoms in total. The number of nitrogens with one attached hydrogen (secondary N) is 1. The van der Waals surface area contributed by atoms with Crippen molar-refractivity contribution in [1.29, 1.82) is 0 Å². The van der Waals surface area contributed by atoms with Crippen LogP contribution in [0, 0.1) is 5.92 Å². The van der Waals surface area contributed by atoms with Crippen LogP contribution in [-0.4, -0.2) is 23.2 Å². The molecule has 0 bridgehead atoms. The summed E-state index contributed by atoms with van der Waals surface area (Å²) in [7, 11) is 0. The Morgan fingerprint density at radius 2 is 2.10 bits per heavy atom. The van der Waals surface area contributed by atoms with Gasteiger partial charge in [0.05, 0.1) is 0 Å². The molecule has 0 radical (unpaired) electrons. The summed E-state index contributed by atoms with van der Waals surface area (Å²) in [5.41, 5.74) is 1.28. The molecule has 116 valence electrons. The van der Waals surface area contributed by atoms with Crippen molar-refractivity contribution in [2.75, 3.05) is 0 Å². The first kappa shape index (κ1) is 16.0. The van der Waals surface area contributed by atoms with Gasteiger partial charge in [-0.25, -0.2) is 0 Å². The molecule has 1 saturated carbocycles. The average Bonchev–Trinajstić information content (AvgIpc) is 2.46. The molecule has 1 aromatic carbocycles. The maximum absolute atomic E-state index is 10.9. The fraction of sp³-hybridized carbons (Fsp3) is 0.611. The zero-order valence-electron chi connectivity index (χ0n) is 12.9. The molecular weight excluding hydrogens is 262 g/mol. The summed E-state index contributed by atoms with van der Waals surface area (Å²) < 4.78 is 0. The van der Waals surface area contributed by atoms with Crippen molar-refractivity contribution in [2.45, 2.75) is 64.0 Å². The Hall–Kier alpha value is -1.35. The number of carboxylic acids is 1. The lowest BCUT2D eigenvalue weighted by Gasteiger charge is -2.31. The average molecular weight is 289 g/mol. The van der Waals surface area contributed by atoms with Gasteiger partial charge in [0, 0.05) is 18.5 Å². The van der Waals surface area contributed by atoms with Crippen LogP contribution in [0.2, 0.25) is 0 Å². The molecule has 1 aromatic rings. The van der Waals surface area contributed by atoms with Crippen molar-refractivity contribution in [1.82, 2.24) is 5.32 Å². The second kappa shape index (κ2) is 8.18. The van der Waals surface area contributed by atoms with E-state index >= 15 is 0 Å². The Labute approximate surface area is 127 Å². The summed E-state index contributed by atoms with van der Waals surface area (Å²) in [5, 5.41) is 12.7. The molecule has 1 aliphatic rings. The van der Waals surface area contributed by atoms with Gasteiger partial charge in [-0.3, -0.25) is 4.79 Å². The predicted molar refractivity (Wildman–Crippen MR) is 85.4 cm³/mol. The molecule has 0 amide bonds. The van der Waals surface area contributed by atoms with E-state index in [0.29, 0.717) is 12.5 Å². The summed E-state index contributed by atoms with van der Waals surface area (Å²) in [6.07, 6.45) is 6.93. The minimum absolute atomic E-state index is 0.243. The van der Waals surface area contributed by atoms with Crippen LogP contribution >= 0.6 is 0 Å². The van der Waals surface area contributed by atoms with Crippen molar-refractivity contribution in [3.63, 3.8) is 0 Å². The maximum Gasteiger partial charge on any atom is 0.303 e. The standard InChI is InChI=1S/C18H27NO2/c1-14-6-5-9-16(12-14)19-17(10-11-18(20)21)13-15-7-3-2-4-8-15/h2-4,7-8,14,16-17,19H,5-6,9-13H2,1H3,(H,20,21). The molecule has 1 aliphatic carbocycles. The molecular formula is C18H27NO2. The van der Waals surface area contributed by atoms with Gasteiger partial charge in [0.25, 0.3) is 0 Å². The Balaban J connectivity index is 1.92. The highest BCUT2D eigenvalue weighted by atomic mass is 16.4. The van der Waals surface area contributed by atoms with Crippen molar-refractivity contribution in [3.8, 4) is 0 Å². The molecule has 0 spiro atoms. The predicted octanol–water partition coefficient (Wildman–Crippen LogP) is 3.63. The third-order valence-electron chi connectivity index (χ3n) is 4.44. The molecule has 0 heterocycles. The molecule has 21 heavy (non-hydrogen) atoms. The van der Waals surface area contributed by atoms with Gasteiger partial charge in [-0.2, -0.15) is 0 Å². The van der Waals surface area contributed by atoms with Gasteiger partial charge in [0.2, 0.25) is 0 Å². The monoisotopic (exact) mass is 289 g/mol. The van der Waals surface area contributed by atoms with Crippen LogP contribution in [0.3, 0.4) is 0 Å². The van der Waals surface area contributed by atoms with Crippen molar-refractivity contribution >= 4 is 5.97 Å². The summed E-state index contributed by atoms with van der Waals surface area (Å²) >= 11 is 0. The normalized spacial score (nSPS) is 23.7. The molecule has 2 rings (SSSR count). The van der Waals surface area contributed by atoms with E-state index in [-0.39, 0.29) is 12.5 Å². The molecule has 2 N–H and O–H groups in total. The van der Waals surface area contributed by atoms with Crippen molar-refractivity contribution < 1.29 is 9.90 Å². The van der Waals surface area contributed by atoms with Crippen LogP contribution in [0.4, 0.5) is 0 Å². The van der Waals surface area contributed by atoms with Gasteiger partial charge in [0.1, 0.15) is 0 Å². The largest absolute Gasteiger partial charge is 0.481 e. The summed E-state index contributed by atoms with van der Waals surface area (Å²) in [5.74, 6) is 0.0833. The van der Waals surface area contributed by atoms with Crippen molar-refractivity contribution in [2.24, 2.45) is 5.92 Å². The fourth-order valence-electron chi connectivity index (χ4n) is 3.36. The van der Waals surface area contributed by atoms with E-state index in [1.807, 2.05) is 18.2 Å². The van der Waals surface area contributed by atoms with Gasteiger partial charge < -0.3 is 10.4 Å². The Kier molecular flexibility index (Phi) is 6.24. The number of carbonyl (C=O) groups is 1. The zero-order valence-corrected chi connectivity index (χ0v) is 12.9. The van der Waals surface area contributed by atoms with E-state index < -0.39 is 5.97 Å². The zero-order chi connectivity index (χ0) is 15.1. The quantitative estimate of drug-likeness (QED) is 0.806. The molecule has 1 fully saturated rings. The van der Waals surface area contributed by atoms with Crippen LogP contribution in [0.15, 0.2) is 30.3 Å². The highest BCUT2D eigenvalue weighted by Gasteiger charge is 2.22. The smallest absolute Gasteiger partial charge is 0.303 e. The fourth-order valence-corrected chi connectivity index (χ4v) is 3.36. The van der Waals surface area contributed by atoms with Crippen LogP contribution < -0.4 is 5.32 Å². The van der Waals surface area contributed by atoms with Gasteiger partial charge in [-0.05, 0) is 37.2 Å². The van der Waals surface area contributed by atoms with Gasteiger partial charge in [-0.1, -0.05) is 50.1 Å². The van der Waals surface area contributed by atoms with E-state index in [4.69, 9.17) is 5.11 Å². The number of carboxylic acid groups (broad SMARTS) is 1. The number of hydrogen-bond acceptors (Lipinski definition) is 2. The first-order chi connectivity index (χ1) is 10.1. The Bertz CT molecular complexity index is 432. The van der Waals surface area contributed by atoms with Crippen molar-refractivity contribution in [3.05, 3.63) is 35.9 Å². The Morgan fingerprint density at radius 1 is 1.33 bits per heavy atom. The number of rotatable bonds is 7. The highest BCUT2D eigenvalue weighted by molar-refractivity contribution is 5.66. The van der Waals surface area contributed by atoms with Crippen LogP contribution in [-0.2, 0) is 11.2 Å². The van der Waals surface area contributed by atoms with Crippen LogP contribution in [0.25, 0.3) is 0 Å². The third kappa shape index (κ3) is 5.88. The minimum atomic E-state index is -0.702. The van der Waals surface area contributed by atoms with E-state index in [1.165, 1.54) is 31.2 Å². The molecule has 0 saturated heterocycles. The number of hydrogen-bond donors (Lipinski definition) is 2. The molecule has 3 heteroatoms. The second-order valence-corrected chi connectivity index (χ2v) is 6.45. The van der Waals surface area contributed by atoms with Gasteiger partial charge in [0.15, 0.2) is 0 Å². The van der Waals surface area contributed by atoms with Gasteiger partial charge >= 0.3 is 5.97 Å². The molecule has 0 aliphatic heterocycles. The lowest BCUT2D eigenvalue weighted by Crippen LogP contribution is -2.42. The Morgan fingerprint density at radius 3 is 2.76 bits per heavy atom. The minimum Gasteiger partial charge on any atom is -0.481 e. The molecule has 3 unspecified atom stereocenters. The van der Waals surface area contributed by atoms with E-state index in [0.717, 1.165) is 12.3 Å². The molecule has 0 aromatic heterocycles. The van der Waals surface area contributed by atoms with Crippen LogP contribution in [0.1, 0.15) is 51.0 Å². The summed E-state index contributed by atoms with van der Waals surface area (Å²) in [6.45, 7) is 2.32. The first-order valence-electron chi connectivity index (χ1n) is 8.15. The van der Waals surface area contributed by atoms with E-state index in [9.17, 15) is 4.79 Å². The first-order valence-corrected chi connectivity index (χ1v) is 8.15. The lowest BCUT2D eigenvalue weighted by atomic mass is 9.86. The second-order valence-electron chi connectivity index (χ2n) is 6.45. The molecule has 3 atom stereocenters. The van der Waals surface area contributed by atoms with Gasteiger partial charge in [-0.15, -0.1) is 0 Å². The summed E-state index contributed by atoms with van der Waals surface area (Å²) in [6, 6.07) is 11.2. The topological polar surface area (TPSA) is 49.3 Å². The third-order valence-corrected chi connectivity index (χ3v) is 4.44.